The Morgan fingerprint density at radius 3 is 2.81 bits per heavy atom. The number of aliphatic imine (C=N–C) groups is 1. The van der Waals surface area contributed by atoms with Crippen molar-refractivity contribution < 1.29 is 0 Å². The van der Waals surface area contributed by atoms with E-state index in [1.165, 1.54) is 32.1 Å². The molecule has 1 aliphatic carbocycles. The molecule has 1 aliphatic rings. The fourth-order valence-corrected chi connectivity index (χ4v) is 2.84. The summed E-state index contributed by atoms with van der Waals surface area (Å²) in [6, 6.07) is 2.13. The molecule has 0 spiro atoms. The fourth-order valence-electron chi connectivity index (χ4n) is 2.40. The van der Waals surface area contributed by atoms with Gasteiger partial charge in [-0.15, -0.1) is 0 Å². The molecule has 4 N–H and O–H groups in total. The van der Waals surface area contributed by atoms with Crippen molar-refractivity contribution in [2.45, 2.75) is 38.1 Å². The van der Waals surface area contributed by atoms with Gasteiger partial charge in [0.1, 0.15) is 5.82 Å². The molecule has 7 heteroatoms. The SMILES string of the molecule is NC(=NCCNc1ncc(Cl)cc1Cl)NC1CCCCC1. The Balaban J connectivity index is 1.71. The highest BCUT2D eigenvalue weighted by Crippen LogP contribution is 2.22. The van der Waals surface area contributed by atoms with Gasteiger partial charge >= 0.3 is 0 Å². The number of nitrogens with one attached hydrogen (secondary N) is 2. The zero-order chi connectivity index (χ0) is 15.1. The van der Waals surface area contributed by atoms with E-state index in [1.807, 2.05) is 0 Å². The van der Waals surface area contributed by atoms with Crippen LogP contribution in [-0.2, 0) is 0 Å². The smallest absolute Gasteiger partial charge is 0.188 e. The Hall–Kier alpha value is -1.20. The Kier molecular flexibility index (Phi) is 6.39. The minimum atomic E-state index is 0.475. The molecule has 1 heterocycles. The van der Waals surface area contributed by atoms with Crippen molar-refractivity contribution >= 4 is 35.0 Å². The van der Waals surface area contributed by atoms with Gasteiger partial charge in [0.05, 0.1) is 16.6 Å². The number of aromatic nitrogens is 1. The van der Waals surface area contributed by atoms with Crippen molar-refractivity contribution in [3.8, 4) is 0 Å². The van der Waals surface area contributed by atoms with Crippen LogP contribution >= 0.6 is 23.2 Å². The van der Waals surface area contributed by atoms with Crippen LogP contribution in [0.1, 0.15) is 32.1 Å². The summed E-state index contributed by atoms with van der Waals surface area (Å²) in [6.07, 6.45) is 7.78. The van der Waals surface area contributed by atoms with Crippen LogP contribution in [0.4, 0.5) is 5.82 Å². The Bertz CT molecular complexity index is 486. The van der Waals surface area contributed by atoms with Crippen molar-refractivity contribution in [1.82, 2.24) is 10.3 Å². The minimum absolute atomic E-state index is 0.475. The van der Waals surface area contributed by atoms with Crippen LogP contribution in [0.15, 0.2) is 17.3 Å². The molecule has 0 saturated heterocycles. The number of guanidine groups is 1. The summed E-state index contributed by atoms with van der Waals surface area (Å²) in [5.41, 5.74) is 5.89. The molecule has 21 heavy (non-hydrogen) atoms. The summed E-state index contributed by atoms with van der Waals surface area (Å²) in [5.74, 6) is 1.12. The number of hydrogen-bond donors (Lipinski definition) is 3. The van der Waals surface area contributed by atoms with Gasteiger partial charge in [-0.25, -0.2) is 4.98 Å². The molecule has 0 radical (unpaired) electrons. The normalized spacial score (nSPS) is 16.8. The van der Waals surface area contributed by atoms with E-state index < -0.39 is 0 Å². The molecule has 0 bridgehead atoms. The lowest BCUT2D eigenvalue weighted by Gasteiger charge is -2.23. The summed E-state index contributed by atoms with van der Waals surface area (Å²) < 4.78 is 0. The highest BCUT2D eigenvalue weighted by molar-refractivity contribution is 6.35. The number of anilines is 1. The van der Waals surface area contributed by atoms with Crippen molar-refractivity contribution in [3.05, 3.63) is 22.3 Å². The monoisotopic (exact) mass is 329 g/mol. The van der Waals surface area contributed by atoms with E-state index >= 15 is 0 Å². The van der Waals surface area contributed by atoms with Gasteiger partial charge in [0.25, 0.3) is 0 Å². The summed E-state index contributed by atoms with van der Waals surface area (Å²) in [7, 11) is 0. The van der Waals surface area contributed by atoms with Crippen LogP contribution in [0.5, 0.6) is 0 Å². The van der Waals surface area contributed by atoms with E-state index in [-0.39, 0.29) is 0 Å². The molecule has 5 nitrogen and oxygen atoms in total. The molecule has 2 rings (SSSR count). The third-order valence-electron chi connectivity index (χ3n) is 3.45. The van der Waals surface area contributed by atoms with E-state index in [2.05, 4.69) is 20.6 Å². The van der Waals surface area contributed by atoms with Gasteiger partial charge in [0.2, 0.25) is 0 Å². The van der Waals surface area contributed by atoms with E-state index in [0.717, 1.165) is 0 Å². The molecule has 1 aromatic rings. The molecule has 0 aliphatic heterocycles. The molecular formula is C14H21Cl2N5. The second-order valence-electron chi connectivity index (χ2n) is 5.16. The summed E-state index contributed by atoms with van der Waals surface area (Å²) in [5, 5.41) is 7.40. The zero-order valence-electron chi connectivity index (χ0n) is 11.9. The first kappa shape index (κ1) is 16.2. The Morgan fingerprint density at radius 2 is 2.10 bits per heavy atom. The largest absolute Gasteiger partial charge is 0.370 e. The first-order valence-electron chi connectivity index (χ1n) is 7.26. The predicted molar refractivity (Wildman–Crippen MR) is 89.2 cm³/mol. The third-order valence-corrected chi connectivity index (χ3v) is 3.95. The molecular weight excluding hydrogens is 309 g/mol. The maximum Gasteiger partial charge on any atom is 0.188 e. The number of pyridine rings is 1. The molecule has 1 aromatic heterocycles. The highest BCUT2D eigenvalue weighted by Gasteiger charge is 2.13. The Morgan fingerprint density at radius 1 is 1.33 bits per heavy atom. The van der Waals surface area contributed by atoms with Gasteiger partial charge in [-0.1, -0.05) is 42.5 Å². The van der Waals surface area contributed by atoms with Crippen molar-refractivity contribution in [1.29, 1.82) is 0 Å². The lowest BCUT2D eigenvalue weighted by molar-refractivity contribution is 0.412. The predicted octanol–water partition coefficient (Wildman–Crippen LogP) is 3.04. The van der Waals surface area contributed by atoms with Crippen LogP contribution in [0.3, 0.4) is 0 Å². The molecule has 116 valence electrons. The third kappa shape index (κ3) is 5.59. The van der Waals surface area contributed by atoms with Crippen molar-refractivity contribution in [2.24, 2.45) is 10.7 Å². The summed E-state index contributed by atoms with van der Waals surface area (Å²) in [6.45, 7) is 1.17. The number of halogens is 2. The standard InChI is InChI=1S/C14H21Cl2N5/c15-10-8-12(16)13(20-9-10)18-6-7-19-14(17)21-11-4-2-1-3-5-11/h8-9,11H,1-7H2,(H,18,20)(H3,17,19,21). The average Bonchev–Trinajstić information content (AvgIpc) is 2.46. The first-order chi connectivity index (χ1) is 10.1. The van der Waals surface area contributed by atoms with E-state index in [4.69, 9.17) is 28.9 Å². The van der Waals surface area contributed by atoms with Crippen LogP contribution in [0, 0.1) is 0 Å². The first-order valence-corrected chi connectivity index (χ1v) is 8.02. The summed E-state index contributed by atoms with van der Waals surface area (Å²) in [4.78, 5) is 8.42. The van der Waals surface area contributed by atoms with Gasteiger partial charge in [0, 0.05) is 18.8 Å². The van der Waals surface area contributed by atoms with Gasteiger partial charge < -0.3 is 16.4 Å². The van der Waals surface area contributed by atoms with E-state index in [9.17, 15) is 0 Å². The number of hydrogen-bond acceptors (Lipinski definition) is 3. The van der Waals surface area contributed by atoms with E-state index in [1.54, 1.807) is 12.3 Å². The lowest BCUT2D eigenvalue weighted by Crippen LogP contribution is -2.41. The average molecular weight is 330 g/mol. The minimum Gasteiger partial charge on any atom is -0.370 e. The van der Waals surface area contributed by atoms with Crippen LogP contribution in [-0.4, -0.2) is 30.1 Å². The maximum absolute atomic E-state index is 6.02. The van der Waals surface area contributed by atoms with Gasteiger partial charge in [-0.05, 0) is 18.9 Å². The lowest BCUT2D eigenvalue weighted by atomic mass is 9.96. The highest BCUT2D eigenvalue weighted by atomic mass is 35.5. The van der Waals surface area contributed by atoms with Crippen molar-refractivity contribution in [2.75, 3.05) is 18.4 Å². The number of nitrogens with zero attached hydrogens (tertiary/aromatic N) is 2. The molecule has 0 amide bonds. The molecule has 0 atom stereocenters. The topological polar surface area (TPSA) is 75.3 Å². The van der Waals surface area contributed by atoms with Crippen LogP contribution in [0.25, 0.3) is 0 Å². The molecule has 0 aromatic carbocycles. The second kappa shape index (κ2) is 8.29. The number of nitrogens with two attached hydrogens (primary N) is 1. The quantitative estimate of drug-likeness (QED) is 0.441. The van der Waals surface area contributed by atoms with Crippen molar-refractivity contribution in [3.63, 3.8) is 0 Å². The van der Waals surface area contributed by atoms with Gasteiger partial charge in [-0.3, -0.25) is 4.99 Å². The Labute approximate surface area is 135 Å². The second-order valence-corrected chi connectivity index (χ2v) is 6.00. The molecule has 1 fully saturated rings. The fraction of sp³-hybridized carbons (Fsp3) is 0.571. The van der Waals surface area contributed by atoms with Gasteiger partial charge in [-0.2, -0.15) is 0 Å². The maximum atomic E-state index is 6.02. The van der Waals surface area contributed by atoms with E-state index in [0.29, 0.717) is 41.0 Å². The van der Waals surface area contributed by atoms with Gasteiger partial charge in [0.15, 0.2) is 5.96 Å². The molecule has 1 saturated carbocycles. The van der Waals surface area contributed by atoms with Crippen LogP contribution in [0.2, 0.25) is 10.0 Å². The zero-order valence-corrected chi connectivity index (χ0v) is 13.4. The summed E-state index contributed by atoms with van der Waals surface area (Å²) >= 11 is 11.8. The number of rotatable bonds is 5. The van der Waals surface area contributed by atoms with Crippen LogP contribution < -0.4 is 16.4 Å². The molecule has 0 unspecified atom stereocenters.